The normalized spacial score (nSPS) is 14.4. The van der Waals surface area contributed by atoms with Crippen molar-refractivity contribution in [2.45, 2.75) is 19.8 Å². The summed E-state index contributed by atoms with van der Waals surface area (Å²) < 4.78 is 0. The fourth-order valence-electron chi connectivity index (χ4n) is 2.90. The molecule has 1 amide bonds. The van der Waals surface area contributed by atoms with Gasteiger partial charge in [0.05, 0.1) is 0 Å². The number of carbonyl (C=O) groups excluding carboxylic acids is 1. The Labute approximate surface area is 148 Å². The molecule has 0 aliphatic carbocycles. The van der Waals surface area contributed by atoms with Crippen LogP contribution in [0.5, 0.6) is 0 Å². The molecule has 0 spiro atoms. The van der Waals surface area contributed by atoms with Gasteiger partial charge < -0.3 is 15.1 Å². The molecule has 0 saturated carbocycles. The van der Waals surface area contributed by atoms with Crippen molar-refractivity contribution in [3.05, 3.63) is 48.3 Å². The maximum absolute atomic E-state index is 12.2. The van der Waals surface area contributed by atoms with Crippen LogP contribution in [0.2, 0.25) is 0 Å². The highest BCUT2D eigenvalue weighted by atomic mass is 16.1. The lowest BCUT2D eigenvalue weighted by Gasteiger charge is -2.36. The van der Waals surface area contributed by atoms with Crippen molar-refractivity contribution in [1.82, 2.24) is 15.3 Å². The highest BCUT2D eigenvalue weighted by molar-refractivity contribution is 5.92. The summed E-state index contributed by atoms with van der Waals surface area (Å²) in [5.74, 6) is 0.510. The SMILES string of the molecule is CCCCNC(=O)c1ccnc(N2CCN(c3ccccc3)CC2)n1. The van der Waals surface area contributed by atoms with Crippen LogP contribution in [0, 0.1) is 0 Å². The number of aromatic nitrogens is 2. The van der Waals surface area contributed by atoms with E-state index in [4.69, 9.17) is 0 Å². The van der Waals surface area contributed by atoms with Crippen LogP contribution in [-0.2, 0) is 0 Å². The second-order valence-electron chi connectivity index (χ2n) is 6.16. The summed E-state index contributed by atoms with van der Waals surface area (Å²) in [4.78, 5) is 25.5. The van der Waals surface area contributed by atoms with Crippen molar-refractivity contribution in [3.63, 3.8) is 0 Å². The minimum atomic E-state index is -0.125. The van der Waals surface area contributed by atoms with E-state index in [0.717, 1.165) is 39.0 Å². The number of hydrogen-bond acceptors (Lipinski definition) is 5. The van der Waals surface area contributed by atoms with Crippen LogP contribution in [0.1, 0.15) is 30.3 Å². The Morgan fingerprint density at radius 3 is 2.52 bits per heavy atom. The first-order valence-corrected chi connectivity index (χ1v) is 8.94. The summed E-state index contributed by atoms with van der Waals surface area (Å²) in [6.45, 7) is 6.31. The summed E-state index contributed by atoms with van der Waals surface area (Å²) in [5.41, 5.74) is 1.68. The number of amides is 1. The van der Waals surface area contributed by atoms with Crippen LogP contribution >= 0.6 is 0 Å². The van der Waals surface area contributed by atoms with E-state index in [1.165, 1.54) is 5.69 Å². The Morgan fingerprint density at radius 2 is 1.80 bits per heavy atom. The van der Waals surface area contributed by atoms with Gasteiger partial charge in [-0.3, -0.25) is 4.79 Å². The number of piperazine rings is 1. The van der Waals surface area contributed by atoms with Crippen molar-refractivity contribution in [2.75, 3.05) is 42.5 Å². The summed E-state index contributed by atoms with van der Waals surface area (Å²) in [7, 11) is 0. The predicted molar refractivity (Wildman–Crippen MR) is 100 cm³/mol. The van der Waals surface area contributed by atoms with E-state index in [9.17, 15) is 4.79 Å². The van der Waals surface area contributed by atoms with E-state index in [1.54, 1.807) is 12.3 Å². The Hall–Kier alpha value is -2.63. The summed E-state index contributed by atoms with van der Waals surface area (Å²) in [6.07, 6.45) is 3.70. The van der Waals surface area contributed by atoms with Gasteiger partial charge in [-0.15, -0.1) is 0 Å². The topological polar surface area (TPSA) is 61.4 Å². The molecule has 25 heavy (non-hydrogen) atoms. The van der Waals surface area contributed by atoms with Crippen LogP contribution < -0.4 is 15.1 Å². The van der Waals surface area contributed by atoms with E-state index >= 15 is 0 Å². The lowest BCUT2D eigenvalue weighted by atomic mass is 10.2. The fourth-order valence-corrected chi connectivity index (χ4v) is 2.90. The third kappa shape index (κ3) is 4.47. The number of anilines is 2. The number of rotatable bonds is 6. The summed E-state index contributed by atoms with van der Waals surface area (Å²) in [5, 5.41) is 2.90. The van der Waals surface area contributed by atoms with Gasteiger partial charge in [0.1, 0.15) is 5.69 Å². The first-order valence-electron chi connectivity index (χ1n) is 8.94. The minimum Gasteiger partial charge on any atom is -0.368 e. The number of para-hydroxylation sites is 1. The average Bonchev–Trinajstić information content (AvgIpc) is 2.69. The molecule has 0 atom stereocenters. The Kier molecular flexibility index (Phi) is 5.82. The van der Waals surface area contributed by atoms with Gasteiger partial charge in [-0.05, 0) is 24.6 Å². The van der Waals surface area contributed by atoms with E-state index in [1.807, 2.05) is 6.07 Å². The summed E-state index contributed by atoms with van der Waals surface area (Å²) in [6, 6.07) is 12.1. The molecule has 6 heteroatoms. The second kappa shape index (κ2) is 8.46. The van der Waals surface area contributed by atoms with Crippen molar-refractivity contribution in [1.29, 1.82) is 0 Å². The number of unbranched alkanes of at least 4 members (excludes halogenated alkanes) is 1. The van der Waals surface area contributed by atoms with Gasteiger partial charge in [0.25, 0.3) is 5.91 Å². The van der Waals surface area contributed by atoms with E-state index in [-0.39, 0.29) is 5.91 Å². The standard InChI is InChI=1S/C19H25N5O/c1-2-3-10-20-18(25)17-9-11-21-19(22-17)24-14-12-23(13-15-24)16-7-5-4-6-8-16/h4-9,11H,2-3,10,12-15H2,1H3,(H,20,25). The Morgan fingerprint density at radius 1 is 1.08 bits per heavy atom. The first-order chi connectivity index (χ1) is 12.3. The first kappa shape index (κ1) is 17.2. The fraction of sp³-hybridized carbons (Fsp3) is 0.421. The number of carbonyl (C=O) groups is 1. The molecule has 0 unspecified atom stereocenters. The smallest absolute Gasteiger partial charge is 0.270 e. The molecule has 0 bridgehead atoms. The van der Waals surface area contributed by atoms with Crippen LogP contribution in [0.4, 0.5) is 11.6 Å². The van der Waals surface area contributed by atoms with Gasteiger partial charge in [-0.2, -0.15) is 0 Å². The lowest BCUT2D eigenvalue weighted by molar-refractivity contribution is 0.0948. The highest BCUT2D eigenvalue weighted by Gasteiger charge is 2.20. The molecule has 1 saturated heterocycles. The molecule has 3 rings (SSSR count). The van der Waals surface area contributed by atoms with E-state index in [2.05, 4.69) is 56.3 Å². The van der Waals surface area contributed by atoms with Crippen LogP contribution in [0.15, 0.2) is 42.6 Å². The quantitative estimate of drug-likeness (QED) is 0.819. The Bertz CT molecular complexity index is 683. The maximum Gasteiger partial charge on any atom is 0.270 e. The maximum atomic E-state index is 12.2. The van der Waals surface area contributed by atoms with Crippen molar-refractivity contribution < 1.29 is 4.79 Å². The monoisotopic (exact) mass is 339 g/mol. The molecule has 2 heterocycles. The average molecular weight is 339 g/mol. The third-order valence-corrected chi connectivity index (χ3v) is 4.38. The minimum absolute atomic E-state index is 0.125. The zero-order chi connectivity index (χ0) is 17.5. The Balaban J connectivity index is 1.60. The molecule has 1 aromatic carbocycles. The van der Waals surface area contributed by atoms with Crippen molar-refractivity contribution >= 4 is 17.5 Å². The van der Waals surface area contributed by atoms with Crippen LogP contribution in [0.25, 0.3) is 0 Å². The number of hydrogen-bond donors (Lipinski definition) is 1. The molecule has 132 valence electrons. The van der Waals surface area contributed by atoms with E-state index in [0.29, 0.717) is 18.2 Å². The third-order valence-electron chi connectivity index (χ3n) is 4.38. The second-order valence-corrected chi connectivity index (χ2v) is 6.16. The molecule has 0 radical (unpaired) electrons. The summed E-state index contributed by atoms with van der Waals surface area (Å²) >= 11 is 0. The molecule has 1 aliphatic rings. The molecular weight excluding hydrogens is 314 g/mol. The largest absolute Gasteiger partial charge is 0.368 e. The molecule has 2 aromatic rings. The zero-order valence-corrected chi connectivity index (χ0v) is 14.7. The van der Waals surface area contributed by atoms with Gasteiger partial charge in [-0.25, -0.2) is 9.97 Å². The van der Waals surface area contributed by atoms with E-state index < -0.39 is 0 Å². The number of benzene rings is 1. The van der Waals surface area contributed by atoms with Gasteiger partial charge in [0.15, 0.2) is 0 Å². The van der Waals surface area contributed by atoms with Gasteiger partial charge in [0.2, 0.25) is 5.95 Å². The van der Waals surface area contributed by atoms with Crippen molar-refractivity contribution in [2.24, 2.45) is 0 Å². The highest BCUT2D eigenvalue weighted by Crippen LogP contribution is 2.17. The van der Waals surface area contributed by atoms with Gasteiger partial charge >= 0.3 is 0 Å². The zero-order valence-electron chi connectivity index (χ0n) is 14.7. The van der Waals surface area contributed by atoms with Gasteiger partial charge in [-0.1, -0.05) is 31.5 Å². The molecule has 1 N–H and O–H groups in total. The predicted octanol–water partition coefficient (Wildman–Crippen LogP) is 2.33. The molecule has 1 aliphatic heterocycles. The molecular formula is C19H25N5O. The van der Waals surface area contributed by atoms with Crippen LogP contribution in [0.3, 0.4) is 0 Å². The van der Waals surface area contributed by atoms with Crippen LogP contribution in [-0.4, -0.2) is 48.6 Å². The van der Waals surface area contributed by atoms with Gasteiger partial charge in [0, 0.05) is 44.6 Å². The number of nitrogens with one attached hydrogen (secondary N) is 1. The molecule has 1 fully saturated rings. The molecule has 6 nitrogen and oxygen atoms in total. The molecule has 1 aromatic heterocycles. The van der Waals surface area contributed by atoms with Crippen molar-refractivity contribution in [3.8, 4) is 0 Å². The lowest BCUT2D eigenvalue weighted by Crippen LogP contribution is -2.47. The number of nitrogens with zero attached hydrogens (tertiary/aromatic N) is 4.